The summed E-state index contributed by atoms with van der Waals surface area (Å²) in [6.45, 7) is 0.879. The van der Waals surface area contributed by atoms with Gasteiger partial charge in [-0.15, -0.1) is 0 Å². The first-order chi connectivity index (χ1) is 13.0. The van der Waals surface area contributed by atoms with E-state index in [4.69, 9.17) is 16.3 Å². The molecule has 1 heterocycles. The van der Waals surface area contributed by atoms with Crippen LogP contribution in [-0.2, 0) is 4.79 Å². The van der Waals surface area contributed by atoms with E-state index in [0.717, 1.165) is 0 Å². The number of rotatable bonds is 4. The third-order valence-electron chi connectivity index (χ3n) is 4.71. The molecule has 0 aromatic heterocycles. The van der Waals surface area contributed by atoms with Crippen molar-refractivity contribution >= 4 is 29.1 Å². The summed E-state index contributed by atoms with van der Waals surface area (Å²) in [6, 6.07) is 11.6. The van der Waals surface area contributed by atoms with E-state index in [1.54, 1.807) is 24.1 Å². The van der Waals surface area contributed by atoms with Gasteiger partial charge in [0.05, 0.1) is 18.4 Å². The third kappa shape index (κ3) is 4.34. The van der Waals surface area contributed by atoms with Crippen LogP contribution in [0.15, 0.2) is 42.5 Å². The lowest BCUT2D eigenvalue weighted by atomic mass is 9.95. The van der Waals surface area contributed by atoms with E-state index in [9.17, 15) is 14.7 Å². The average molecular weight is 389 g/mol. The molecule has 2 amide bonds. The SMILES string of the molecule is COc1ccccc1NC(=O)C1CCN(C(=O)c2cc(Cl)ccc2O)CC1. The highest BCUT2D eigenvalue weighted by atomic mass is 35.5. The van der Waals surface area contributed by atoms with Crippen molar-refractivity contribution in [2.45, 2.75) is 12.8 Å². The Morgan fingerprint density at radius 3 is 2.59 bits per heavy atom. The van der Waals surface area contributed by atoms with Crippen molar-refractivity contribution in [2.24, 2.45) is 5.92 Å². The van der Waals surface area contributed by atoms with Crippen LogP contribution in [0, 0.1) is 5.92 Å². The van der Waals surface area contributed by atoms with Crippen LogP contribution in [0.3, 0.4) is 0 Å². The van der Waals surface area contributed by atoms with Crippen molar-refractivity contribution in [1.82, 2.24) is 4.90 Å². The number of nitrogens with one attached hydrogen (secondary N) is 1. The number of hydrogen-bond acceptors (Lipinski definition) is 4. The Labute approximate surface area is 162 Å². The second kappa shape index (κ2) is 8.31. The average Bonchev–Trinajstić information content (AvgIpc) is 2.69. The third-order valence-corrected chi connectivity index (χ3v) is 4.94. The number of nitrogens with zero attached hydrogens (tertiary/aromatic N) is 1. The van der Waals surface area contributed by atoms with E-state index in [1.165, 1.54) is 18.2 Å². The number of ether oxygens (including phenoxy) is 1. The minimum absolute atomic E-state index is 0.0859. The lowest BCUT2D eigenvalue weighted by molar-refractivity contribution is -0.121. The van der Waals surface area contributed by atoms with E-state index in [0.29, 0.717) is 42.4 Å². The zero-order chi connectivity index (χ0) is 19.4. The number of phenols is 1. The van der Waals surface area contributed by atoms with Gasteiger partial charge in [-0.3, -0.25) is 9.59 Å². The number of anilines is 1. The number of amides is 2. The van der Waals surface area contributed by atoms with Crippen molar-refractivity contribution in [1.29, 1.82) is 0 Å². The smallest absolute Gasteiger partial charge is 0.257 e. The monoisotopic (exact) mass is 388 g/mol. The number of carbonyl (C=O) groups is 2. The number of hydrogen-bond donors (Lipinski definition) is 2. The van der Waals surface area contributed by atoms with Crippen molar-refractivity contribution in [2.75, 3.05) is 25.5 Å². The topological polar surface area (TPSA) is 78.9 Å². The Hall–Kier alpha value is -2.73. The van der Waals surface area contributed by atoms with Gasteiger partial charge < -0.3 is 20.1 Å². The van der Waals surface area contributed by atoms with E-state index < -0.39 is 0 Å². The van der Waals surface area contributed by atoms with Gasteiger partial charge in [0.15, 0.2) is 0 Å². The summed E-state index contributed by atoms with van der Waals surface area (Å²) in [7, 11) is 1.56. The molecule has 0 atom stereocenters. The summed E-state index contributed by atoms with van der Waals surface area (Å²) in [5.41, 5.74) is 0.812. The summed E-state index contributed by atoms with van der Waals surface area (Å²) >= 11 is 5.92. The first kappa shape index (κ1) is 19.0. The molecular formula is C20H21ClN2O4. The standard InChI is InChI=1S/C20H21ClN2O4/c1-27-18-5-3-2-4-16(18)22-19(25)13-8-10-23(11-9-13)20(26)15-12-14(21)6-7-17(15)24/h2-7,12-13,24H,8-11H2,1H3,(H,22,25). The maximum absolute atomic E-state index is 12.6. The highest BCUT2D eigenvalue weighted by molar-refractivity contribution is 6.31. The zero-order valence-electron chi connectivity index (χ0n) is 14.9. The fourth-order valence-corrected chi connectivity index (χ4v) is 3.35. The van der Waals surface area contributed by atoms with Gasteiger partial charge in [-0.25, -0.2) is 0 Å². The Kier molecular flexibility index (Phi) is 5.86. The summed E-state index contributed by atoms with van der Waals surface area (Å²) in [5.74, 6) is -0.0435. The number of halogens is 1. The van der Waals surface area contributed by atoms with Crippen LogP contribution in [-0.4, -0.2) is 42.0 Å². The molecule has 2 aromatic rings. The highest BCUT2D eigenvalue weighted by Crippen LogP contribution is 2.28. The summed E-state index contributed by atoms with van der Waals surface area (Å²) in [6.07, 6.45) is 1.10. The maximum Gasteiger partial charge on any atom is 0.257 e. The van der Waals surface area contributed by atoms with Crippen LogP contribution in [0.5, 0.6) is 11.5 Å². The normalized spacial score (nSPS) is 14.7. The lowest BCUT2D eigenvalue weighted by Crippen LogP contribution is -2.41. The minimum Gasteiger partial charge on any atom is -0.507 e. The van der Waals surface area contributed by atoms with Crippen LogP contribution in [0.4, 0.5) is 5.69 Å². The van der Waals surface area contributed by atoms with Crippen molar-refractivity contribution in [3.05, 3.63) is 53.1 Å². The molecule has 2 aromatic carbocycles. The predicted octanol–water partition coefficient (Wildman–Crippen LogP) is 3.55. The second-order valence-corrected chi connectivity index (χ2v) is 6.85. The summed E-state index contributed by atoms with van der Waals surface area (Å²) in [5, 5.41) is 13.2. The number of benzene rings is 2. The van der Waals surface area contributed by atoms with Crippen molar-refractivity contribution in [3.63, 3.8) is 0 Å². The van der Waals surface area contributed by atoms with Gasteiger partial charge in [0.1, 0.15) is 11.5 Å². The minimum atomic E-state index is -0.279. The lowest BCUT2D eigenvalue weighted by Gasteiger charge is -2.31. The van der Waals surface area contributed by atoms with Gasteiger partial charge >= 0.3 is 0 Å². The second-order valence-electron chi connectivity index (χ2n) is 6.42. The fraction of sp³-hybridized carbons (Fsp3) is 0.300. The van der Waals surface area contributed by atoms with Gasteiger partial charge in [0, 0.05) is 24.0 Å². The molecular weight excluding hydrogens is 368 g/mol. The molecule has 3 rings (SSSR count). The van der Waals surface area contributed by atoms with Crippen LogP contribution >= 0.6 is 11.6 Å². The zero-order valence-corrected chi connectivity index (χ0v) is 15.7. The van der Waals surface area contributed by atoms with Crippen LogP contribution in [0.2, 0.25) is 5.02 Å². The van der Waals surface area contributed by atoms with E-state index in [2.05, 4.69) is 5.32 Å². The van der Waals surface area contributed by atoms with E-state index in [1.807, 2.05) is 12.1 Å². The molecule has 142 valence electrons. The molecule has 6 nitrogen and oxygen atoms in total. The van der Waals surface area contributed by atoms with E-state index >= 15 is 0 Å². The first-order valence-electron chi connectivity index (χ1n) is 8.71. The molecule has 1 aliphatic heterocycles. The van der Waals surface area contributed by atoms with Crippen molar-refractivity contribution in [3.8, 4) is 11.5 Å². The van der Waals surface area contributed by atoms with Crippen LogP contribution in [0.25, 0.3) is 0 Å². The molecule has 1 saturated heterocycles. The molecule has 1 aliphatic rings. The van der Waals surface area contributed by atoms with Gasteiger partial charge in [-0.1, -0.05) is 23.7 Å². The van der Waals surface area contributed by atoms with Gasteiger partial charge in [-0.2, -0.15) is 0 Å². The highest BCUT2D eigenvalue weighted by Gasteiger charge is 2.29. The number of piperidine rings is 1. The Bertz CT molecular complexity index is 848. The first-order valence-corrected chi connectivity index (χ1v) is 9.09. The molecule has 7 heteroatoms. The fourth-order valence-electron chi connectivity index (χ4n) is 3.18. The number of carbonyl (C=O) groups excluding carboxylic acids is 2. The number of aromatic hydroxyl groups is 1. The predicted molar refractivity (Wildman–Crippen MR) is 103 cm³/mol. The number of likely N-dealkylation sites (tertiary alicyclic amines) is 1. The number of methoxy groups -OCH3 is 1. The van der Waals surface area contributed by atoms with Gasteiger partial charge in [0.25, 0.3) is 5.91 Å². The quantitative estimate of drug-likeness (QED) is 0.839. The van der Waals surface area contributed by atoms with Gasteiger partial charge in [-0.05, 0) is 43.2 Å². The van der Waals surface area contributed by atoms with Crippen LogP contribution in [0.1, 0.15) is 23.2 Å². The summed E-state index contributed by atoms with van der Waals surface area (Å²) in [4.78, 5) is 26.8. The molecule has 1 fully saturated rings. The van der Waals surface area contributed by atoms with E-state index in [-0.39, 0.29) is 29.0 Å². The van der Waals surface area contributed by atoms with Gasteiger partial charge in [0.2, 0.25) is 5.91 Å². The summed E-state index contributed by atoms with van der Waals surface area (Å²) < 4.78 is 5.25. The molecule has 0 unspecified atom stereocenters. The van der Waals surface area contributed by atoms with Crippen LogP contribution < -0.4 is 10.1 Å². The Morgan fingerprint density at radius 2 is 1.89 bits per heavy atom. The molecule has 0 aliphatic carbocycles. The number of para-hydroxylation sites is 2. The molecule has 2 N–H and O–H groups in total. The Morgan fingerprint density at radius 1 is 1.19 bits per heavy atom. The molecule has 0 radical (unpaired) electrons. The van der Waals surface area contributed by atoms with Crippen molar-refractivity contribution < 1.29 is 19.4 Å². The molecule has 27 heavy (non-hydrogen) atoms. The molecule has 0 saturated carbocycles. The number of phenolic OH excluding ortho intramolecular Hbond substituents is 1. The maximum atomic E-state index is 12.6. The molecule has 0 bridgehead atoms. The largest absolute Gasteiger partial charge is 0.507 e. The Balaban J connectivity index is 1.60. The molecule has 0 spiro atoms.